The second-order valence-electron chi connectivity index (χ2n) is 8.26. The average molecular weight is 478 g/mol. The normalized spacial score (nSPS) is 11.9. The van der Waals surface area contributed by atoms with Crippen LogP contribution in [0.15, 0.2) is 77.9 Å². The molecule has 0 radical (unpaired) electrons. The van der Waals surface area contributed by atoms with Crippen molar-refractivity contribution < 1.29 is 14.3 Å². The van der Waals surface area contributed by atoms with Crippen molar-refractivity contribution in [2.75, 3.05) is 0 Å². The summed E-state index contributed by atoms with van der Waals surface area (Å²) in [4.78, 5) is 25.2. The van der Waals surface area contributed by atoms with Gasteiger partial charge in [-0.2, -0.15) is 5.10 Å². The van der Waals surface area contributed by atoms with Crippen LogP contribution in [0.4, 0.5) is 0 Å². The predicted molar refractivity (Wildman–Crippen MR) is 135 cm³/mol. The van der Waals surface area contributed by atoms with Gasteiger partial charge in [0.25, 0.3) is 11.8 Å². The first kappa shape index (κ1) is 25.0. The predicted octanol–water partition coefficient (Wildman–Crippen LogP) is 5.13. The van der Waals surface area contributed by atoms with Gasteiger partial charge in [0.2, 0.25) is 0 Å². The molecule has 0 heterocycles. The molecule has 3 aromatic carbocycles. The van der Waals surface area contributed by atoms with E-state index in [1.165, 1.54) is 11.8 Å². The van der Waals surface area contributed by atoms with E-state index >= 15 is 0 Å². The first-order valence-electron chi connectivity index (χ1n) is 11.0. The smallest absolute Gasteiger partial charge is 0.262 e. The molecule has 2 amide bonds. The lowest BCUT2D eigenvalue weighted by Gasteiger charge is -2.20. The van der Waals surface area contributed by atoms with Crippen LogP contribution >= 0.6 is 11.6 Å². The Morgan fingerprint density at radius 2 is 1.76 bits per heavy atom. The van der Waals surface area contributed by atoms with Crippen molar-refractivity contribution >= 4 is 29.6 Å². The molecular weight excluding hydrogens is 450 g/mol. The summed E-state index contributed by atoms with van der Waals surface area (Å²) in [7, 11) is 0. The summed E-state index contributed by atoms with van der Waals surface area (Å²) in [6.45, 7) is 6.22. The van der Waals surface area contributed by atoms with Crippen molar-refractivity contribution in [3.05, 3.63) is 100 Å². The van der Waals surface area contributed by atoms with Crippen molar-refractivity contribution in [3.63, 3.8) is 0 Å². The van der Waals surface area contributed by atoms with Gasteiger partial charge in [0.05, 0.1) is 16.8 Å². The van der Waals surface area contributed by atoms with Gasteiger partial charge in [-0.15, -0.1) is 0 Å². The van der Waals surface area contributed by atoms with E-state index in [0.717, 1.165) is 16.9 Å². The molecule has 0 spiro atoms. The third-order valence-corrected chi connectivity index (χ3v) is 5.44. The second-order valence-corrected chi connectivity index (χ2v) is 8.66. The van der Waals surface area contributed by atoms with E-state index in [9.17, 15) is 9.59 Å². The maximum atomic E-state index is 12.6. The molecular formula is C27H28ClN3O3. The van der Waals surface area contributed by atoms with E-state index in [-0.39, 0.29) is 5.92 Å². The van der Waals surface area contributed by atoms with Gasteiger partial charge in [-0.1, -0.05) is 67.4 Å². The van der Waals surface area contributed by atoms with E-state index < -0.39 is 17.9 Å². The molecule has 0 aromatic heterocycles. The van der Waals surface area contributed by atoms with Gasteiger partial charge < -0.3 is 10.1 Å². The molecule has 176 valence electrons. The van der Waals surface area contributed by atoms with Crippen LogP contribution in [0.5, 0.6) is 5.75 Å². The second kappa shape index (κ2) is 12.0. The average Bonchev–Trinajstić information content (AvgIpc) is 2.82. The fraction of sp³-hybridized carbons (Fsp3) is 0.222. The Morgan fingerprint density at radius 1 is 1.03 bits per heavy atom. The number of hydrazone groups is 1. The molecule has 34 heavy (non-hydrogen) atoms. The Morgan fingerprint density at radius 3 is 2.44 bits per heavy atom. The summed E-state index contributed by atoms with van der Waals surface area (Å²) in [5.41, 5.74) is 5.91. The number of nitrogens with zero attached hydrogens (tertiary/aromatic N) is 1. The Hall–Kier alpha value is -3.64. The summed E-state index contributed by atoms with van der Waals surface area (Å²) >= 11 is 6.09. The monoisotopic (exact) mass is 477 g/mol. The Bertz CT molecular complexity index is 1160. The minimum absolute atomic E-state index is 0.147. The molecule has 1 unspecified atom stereocenters. The fourth-order valence-electron chi connectivity index (χ4n) is 3.26. The highest BCUT2D eigenvalue weighted by Crippen LogP contribution is 2.16. The minimum atomic E-state index is -0.765. The van der Waals surface area contributed by atoms with Crippen molar-refractivity contribution in [2.45, 2.75) is 33.4 Å². The maximum Gasteiger partial charge on any atom is 0.262 e. The molecule has 6 nitrogen and oxygen atoms in total. The van der Waals surface area contributed by atoms with Crippen LogP contribution < -0.4 is 15.5 Å². The number of aryl methyl sites for hydroxylation is 1. The van der Waals surface area contributed by atoms with Crippen LogP contribution in [0.25, 0.3) is 0 Å². The quantitative estimate of drug-likeness (QED) is 0.331. The van der Waals surface area contributed by atoms with Crippen LogP contribution in [-0.4, -0.2) is 24.1 Å². The zero-order valence-corrected chi connectivity index (χ0v) is 20.2. The largest absolute Gasteiger partial charge is 0.489 e. The van der Waals surface area contributed by atoms with E-state index in [0.29, 0.717) is 17.2 Å². The number of carbonyl (C=O) groups excluding carboxylic acids is 2. The summed E-state index contributed by atoms with van der Waals surface area (Å²) in [6, 6.07) is 21.5. The lowest BCUT2D eigenvalue weighted by molar-refractivity contribution is -0.123. The molecule has 0 saturated carbocycles. The maximum absolute atomic E-state index is 12.6. The van der Waals surface area contributed by atoms with Gasteiger partial charge in [-0.3, -0.25) is 9.59 Å². The molecule has 7 heteroatoms. The number of halogens is 1. The number of hydrogen-bond acceptors (Lipinski definition) is 4. The first-order valence-corrected chi connectivity index (χ1v) is 11.4. The lowest BCUT2D eigenvalue weighted by Crippen LogP contribution is -2.48. The standard InChI is InChI=1S/C27H28ClN3O3/c1-18(2)25(30-26(32)23-9-4-5-10-24(23)28)27(33)31-29-16-20-11-13-22(14-12-20)34-17-21-8-6-7-19(3)15-21/h4-16,18,25H,17H2,1-3H3,(H,30,32)(H,31,33). The van der Waals surface area contributed by atoms with Crippen LogP contribution in [0, 0.1) is 12.8 Å². The highest BCUT2D eigenvalue weighted by atomic mass is 35.5. The molecule has 0 aliphatic rings. The van der Waals surface area contributed by atoms with Crippen LogP contribution in [0.1, 0.15) is 40.9 Å². The summed E-state index contributed by atoms with van der Waals surface area (Å²) in [5, 5.41) is 7.09. The van der Waals surface area contributed by atoms with Crippen molar-refractivity contribution in [2.24, 2.45) is 11.0 Å². The van der Waals surface area contributed by atoms with E-state index in [4.69, 9.17) is 16.3 Å². The third kappa shape index (κ3) is 7.18. The molecule has 0 bridgehead atoms. The molecule has 0 aliphatic heterocycles. The molecule has 3 aromatic rings. The third-order valence-electron chi connectivity index (χ3n) is 5.11. The molecule has 3 rings (SSSR count). The van der Waals surface area contributed by atoms with Crippen molar-refractivity contribution in [1.82, 2.24) is 10.7 Å². The Labute approximate surface area is 205 Å². The van der Waals surface area contributed by atoms with Crippen LogP contribution in [0.3, 0.4) is 0 Å². The summed E-state index contributed by atoms with van der Waals surface area (Å²) in [5.74, 6) is -0.231. The number of rotatable bonds is 9. The van der Waals surface area contributed by atoms with E-state index in [1.54, 1.807) is 24.3 Å². The number of nitrogens with one attached hydrogen (secondary N) is 2. The van der Waals surface area contributed by atoms with Gasteiger partial charge in [-0.25, -0.2) is 5.43 Å². The number of carbonyl (C=O) groups is 2. The Kier molecular flexibility index (Phi) is 8.82. The van der Waals surface area contributed by atoms with Gasteiger partial charge in [0.15, 0.2) is 0 Å². The van der Waals surface area contributed by atoms with Gasteiger partial charge in [-0.05, 0) is 60.4 Å². The van der Waals surface area contributed by atoms with E-state index in [2.05, 4.69) is 21.9 Å². The highest BCUT2D eigenvalue weighted by Gasteiger charge is 2.25. The minimum Gasteiger partial charge on any atom is -0.489 e. The summed E-state index contributed by atoms with van der Waals surface area (Å²) in [6.07, 6.45) is 1.54. The SMILES string of the molecule is Cc1cccc(COc2ccc(C=NNC(=O)C(NC(=O)c3ccccc3Cl)C(C)C)cc2)c1. The molecule has 0 saturated heterocycles. The zero-order chi connectivity index (χ0) is 24.5. The van der Waals surface area contributed by atoms with Gasteiger partial charge >= 0.3 is 0 Å². The fourth-order valence-corrected chi connectivity index (χ4v) is 3.48. The Balaban J connectivity index is 1.54. The lowest BCUT2D eigenvalue weighted by atomic mass is 10.0. The number of ether oxygens (including phenoxy) is 1. The van der Waals surface area contributed by atoms with Crippen molar-refractivity contribution in [3.8, 4) is 5.75 Å². The summed E-state index contributed by atoms with van der Waals surface area (Å²) < 4.78 is 5.82. The molecule has 0 aliphatic carbocycles. The van der Waals surface area contributed by atoms with Crippen LogP contribution in [0.2, 0.25) is 5.02 Å². The highest BCUT2D eigenvalue weighted by molar-refractivity contribution is 6.33. The van der Waals surface area contributed by atoms with Gasteiger partial charge in [0.1, 0.15) is 18.4 Å². The number of hydrogen-bond donors (Lipinski definition) is 2. The number of amides is 2. The zero-order valence-electron chi connectivity index (χ0n) is 19.4. The first-order chi connectivity index (χ1) is 16.3. The van der Waals surface area contributed by atoms with E-state index in [1.807, 2.05) is 63.2 Å². The van der Waals surface area contributed by atoms with Crippen molar-refractivity contribution in [1.29, 1.82) is 0 Å². The number of benzene rings is 3. The molecule has 2 N–H and O–H groups in total. The molecule has 1 atom stereocenters. The van der Waals surface area contributed by atoms with Crippen LogP contribution in [-0.2, 0) is 11.4 Å². The van der Waals surface area contributed by atoms with Gasteiger partial charge in [0, 0.05) is 0 Å². The topological polar surface area (TPSA) is 79.8 Å². The molecule has 0 fully saturated rings.